The first-order valence-electron chi connectivity index (χ1n) is 5.14. The molecule has 0 aliphatic rings. The van der Waals surface area contributed by atoms with Gasteiger partial charge < -0.3 is 10.4 Å². The lowest BCUT2D eigenvalue weighted by molar-refractivity contribution is 0.311. The molecule has 2 aromatic heterocycles. The summed E-state index contributed by atoms with van der Waals surface area (Å²) < 4.78 is 2.55. The van der Waals surface area contributed by atoms with Crippen molar-refractivity contribution >= 4 is 27.3 Å². The molecule has 2 heterocycles. The van der Waals surface area contributed by atoms with E-state index in [1.54, 1.807) is 0 Å². The number of anilines is 1. The van der Waals surface area contributed by atoms with E-state index in [0.29, 0.717) is 6.54 Å². The number of halogens is 1. The molecule has 5 nitrogen and oxygen atoms in total. The third-order valence-electron chi connectivity index (χ3n) is 2.30. The average Bonchev–Trinajstić information content (AvgIpc) is 2.68. The molecule has 0 aromatic carbocycles. The topological polar surface area (TPSA) is 62.5 Å². The predicted molar refractivity (Wildman–Crippen MR) is 65.6 cm³/mol. The van der Waals surface area contributed by atoms with Gasteiger partial charge >= 0.3 is 0 Å². The van der Waals surface area contributed by atoms with Crippen LogP contribution in [0, 0.1) is 0 Å². The number of aromatic nitrogens is 3. The van der Waals surface area contributed by atoms with Crippen molar-refractivity contribution in [2.24, 2.45) is 0 Å². The van der Waals surface area contributed by atoms with E-state index in [1.807, 2.05) is 16.8 Å². The molecule has 0 amide bonds. The van der Waals surface area contributed by atoms with Crippen LogP contribution in [-0.2, 0) is 6.42 Å². The third-order valence-corrected chi connectivity index (χ3v) is 2.69. The molecule has 0 fully saturated rings. The maximum Gasteiger partial charge on any atom is 0.177 e. The van der Waals surface area contributed by atoms with Crippen LogP contribution in [-0.4, -0.2) is 32.9 Å². The number of aliphatic hydroxyl groups is 1. The molecule has 0 unspecified atom stereocenters. The second-order valence-electron chi connectivity index (χ2n) is 3.37. The number of rotatable bonds is 4. The molecular formula is C10H13BrN4O. The first-order valence-corrected chi connectivity index (χ1v) is 5.93. The fourth-order valence-corrected chi connectivity index (χ4v) is 1.93. The zero-order valence-corrected chi connectivity index (χ0v) is 10.5. The molecule has 6 heteroatoms. The van der Waals surface area contributed by atoms with Crippen molar-refractivity contribution in [3.05, 3.63) is 22.6 Å². The maximum absolute atomic E-state index is 8.80. The smallest absolute Gasteiger partial charge is 0.177 e. The highest BCUT2D eigenvalue weighted by atomic mass is 79.9. The lowest BCUT2D eigenvalue weighted by atomic mass is 10.4. The van der Waals surface area contributed by atoms with Crippen LogP contribution in [0.4, 0.5) is 5.69 Å². The zero-order valence-electron chi connectivity index (χ0n) is 8.94. The maximum atomic E-state index is 8.80. The molecule has 0 aliphatic carbocycles. The highest BCUT2D eigenvalue weighted by molar-refractivity contribution is 9.10. The quantitative estimate of drug-likeness (QED) is 0.892. The Balaban J connectivity index is 2.51. The van der Waals surface area contributed by atoms with Crippen molar-refractivity contribution in [1.82, 2.24) is 14.6 Å². The molecule has 16 heavy (non-hydrogen) atoms. The molecule has 0 aliphatic heterocycles. The standard InChI is InChI=1S/C10H13BrN4O/c1-2-7-6-13-10-8(12-3-4-16)5-9(11)14-15(7)10/h5-6,12,16H,2-4H2,1H3. The Hall–Kier alpha value is -1.14. The van der Waals surface area contributed by atoms with Gasteiger partial charge in [-0.25, -0.2) is 9.50 Å². The van der Waals surface area contributed by atoms with Crippen LogP contribution < -0.4 is 5.32 Å². The van der Waals surface area contributed by atoms with Crippen LogP contribution in [0.3, 0.4) is 0 Å². The van der Waals surface area contributed by atoms with E-state index in [9.17, 15) is 0 Å². The Bertz CT molecular complexity index is 497. The fourth-order valence-electron chi connectivity index (χ4n) is 1.55. The summed E-state index contributed by atoms with van der Waals surface area (Å²) in [5.41, 5.74) is 2.72. The molecule has 0 atom stereocenters. The number of aliphatic hydroxyl groups excluding tert-OH is 1. The summed E-state index contributed by atoms with van der Waals surface area (Å²) in [6, 6.07) is 1.86. The van der Waals surface area contributed by atoms with E-state index in [0.717, 1.165) is 28.1 Å². The summed E-state index contributed by atoms with van der Waals surface area (Å²) in [7, 11) is 0. The van der Waals surface area contributed by atoms with Crippen LogP contribution in [0.25, 0.3) is 5.65 Å². The lowest BCUT2D eigenvalue weighted by Gasteiger charge is -2.07. The van der Waals surface area contributed by atoms with Crippen molar-refractivity contribution in [3.63, 3.8) is 0 Å². The highest BCUT2D eigenvalue weighted by Gasteiger charge is 2.08. The summed E-state index contributed by atoms with van der Waals surface area (Å²) >= 11 is 3.36. The number of nitrogens with one attached hydrogen (secondary N) is 1. The highest BCUT2D eigenvalue weighted by Crippen LogP contribution is 2.20. The number of nitrogens with zero attached hydrogens (tertiary/aromatic N) is 3. The largest absolute Gasteiger partial charge is 0.395 e. The van der Waals surface area contributed by atoms with Gasteiger partial charge in [0.25, 0.3) is 0 Å². The first kappa shape index (κ1) is 11.3. The summed E-state index contributed by atoms with van der Waals surface area (Å²) in [5, 5.41) is 16.3. The Morgan fingerprint density at radius 3 is 3.06 bits per heavy atom. The summed E-state index contributed by atoms with van der Waals surface area (Å²) in [5.74, 6) is 0. The van der Waals surface area contributed by atoms with Gasteiger partial charge in [-0.2, -0.15) is 5.10 Å². The van der Waals surface area contributed by atoms with Gasteiger partial charge in [-0.1, -0.05) is 6.92 Å². The van der Waals surface area contributed by atoms with E-state index >= 15 is 0 Å². The number of hydrogen-bond donors (Lipinski definition) is 2. The van der Waals surface area contributed by atoms with Crippen LogP contribution in [0.2, 0.25) is 0 Å². The van der Waals surface area contributed by atoms with Gasteiger partial charge in [-0.15, -0.1) is 0 Å². The molecule has 0 saturated heterocycles. The zero-order chi connectivity index (χ0) is 11.5. The number of hydrogen-bond acceptors (Lipinski definition) is 4. The molecule has 0 spiro atoms. The Morgan fingerprint density at radius 1 is 1.56 bits per heavy atom. The van der Waals surface area contributed by atoms with Crippen LogP contribution in [0.5, 0.6) is 0 Å². The summed E-state index contributed by atoms with van der Waals surface area (Å²) in [4.78, 5) is 4.32. The monoisotopic (exact) mass is 284 g/mol. The van der Waals surface area contributed by atoms with E-state index in [1.165, 1.54) is 0 Å². The van der Waals surface area contributed by atoms with Gasteiger partial charge in [0.05, 0.1) is 24.2 Å². The molecule has 86 valence electrons. The third kappa shape index (κ3) is 2.03. The summed E-state index contributed by atoms with van der Waals surface area (Å²) in [6.45, 7) is 2.65. The molecular weight excluding hydrogens is 272 g/mol. The molecule has 2 N–H and O–H groups in total. The number of fused-ring (bicyclic) bond motifs is 1. The van der Waals surface area contributed by atoms with Gasteiger partial charge in [0, 0.05) is 6.54 Å². The van der Waals surface area contributed by atoms with E-state index in [4.69, 9.17) is 5.11 Å². The summed E-state index contributed by atoms with van der Waals surface area (Å²) in [6.07, 6.45) is 2.70. The van der Waals surface area contributed by atoms with Gasteiger partial charge in [-0.05, 0) is 28.4 Å². The second kappa shape index (κ2) is 4.80. The van der Waals surface area contributed by atoms with Gasteiger partial charge in [0.1, 0.15) is 4.60 Å². The van der Waals surface area contributed by atoms with Crippen LogP contribution in [0.1, 0.15) is 12.6 Å². The Morgan fingerprint density at radius 2 is 2.38 bits per heavy atom. The Kier molecular flexibility index (Phi) is 3.40. The van der Waals surface area contributed by atoms with Gasteiger partial charge in [0.2, 0.25) is 0 Å². The van der Waals surface area contributed by atoms with Gasteiger partial charge in [0.15, 0.2) is 5.65 Å². The predicted octanol–water partition coefficient (Wildman–Crippen LogP) is 1.46. The SMILES string of the molecule is CCc1cnc2c(NCCO)cc(Br)nn12. The van der Waals surface area contributed by atoms with Crippen molar-refractivity contribution in [3.8, 4) is 0 Å². The lowest BCUT2D eigenvalue weighted by Crippen LogP contribution is -2.08. The second-order valence-corrected chi connectivity index (χ2v) is 4.18. The van der Waals surface area contributed by atoms with Crippen molar-refractivity contribution in [1.29, 1.82) is 0 Å². The number of aryl methyl sites for hydroxylation is 1. The Labute approximate surface area is 102 Å². The van der Waals surface area contributed by atoms with Crippen LogP contribution in [0.15, 0.2) is 16.9 Å². The molecule has 0 radical (unpaired) electrons. The van der Waals surface area contributed by atoms with Crippen molar-refractivity contribution in [2.75, 3.05) is 18.5 Å². The average molecular weight is 285 g/mol. The molecule has 0 bridgehead atoms. The van der Waals surface area contributed by atoms with Crippen molar-refractivity contribution in [2.45, 2.75) is 13.3 Å². The van der Waals surface area contributed by atoms with E-state index < -0.39 is 0 Å². The molecule has 2 rings (SSSR count). The molecule has 2 aromatic rings. The first-order chi connectivity index (χ1) is 7.76. The molecule has 0 saturated carbocycles. The van der Waals surface area contributed by atoms with Crippen molar-refractivity contribution < 1.29 is 5.11 Å². The minimum absolute atomic E-state index is 0.0907. The van der Waals surface area contributed by atoms with E-state index in [-0.39, 0.29) is 6.61 Å². The minimum atomic E-state index is 0.0907. The minimum Gasteiger partial charge on any atom is -0.395 e. The number of imidazole rings is 1. The normalized spacial score (nSPS) is 10.9. The van der Waals surface area contributed by atoms with E-state index in [2.05, 4.69) is 38.3 Å². The van der Waals surface area contributed by atoms with Gasteiger partial charge in [-0.3, -0.25) is 0 Å². The fraction of sp³-hybridized carbons (Fsp3) is 0.400. The van der Waals surface area contributed by atoms with Crippen LogP contribution >= 0.6 is 15.9 Å².